The molecule has 1 unspecified atom stereocenters. The van der Waals surface area contributed by atoms with E-state index in [2.05, 4.69) is 74.5 Å². The molecule has 3 rings (SSSR count). The summed E-state index contributed by atoms with van der Waals surface area (Å²) in [5, 5.41) is 0. The number of methoxy groups -OCH3 is 1. The van der Waals surface area contributed by atoms with Crippen LogP contribution in [0.4, 0.5) is 0 Å². The molecule has 2 aromatic carbocycles. The highest BCUT2D eigenvalue weighted by Crippen LogP contribution is 2.34. The monoisotopic (exact) mass is 432 g/mol. The Morgan fingerprint density at radius 2 is 1.25 bits per heavy atom. The van der Waals surface area contributed by atoms with Gasteiger partial charge in [0.05, 0.1) is 6.10 Å². The molecule has 0 bridgehead atoms. The normalized spacial score (nSPS) is 20.0. The molecule has 0 aromatic heterocycles. The van der Waals surface area contributed by atoms with Crippen LogP contribution in [0.5, 0.6) is 0 Å². The topological polar surface area (TPSA) is 9.23 Å². The van der Waals surface area contributed by atoms with Gasteiger partial charge in [-0.15, -0.1) is 0 Å². The van der Waals surface area contributed by atoms with E-state index in [9.17, 15) is 0 Å². The highest BCUT2D eigenvalue weighted by atomic mass is 16.5. The van der Waals surface area contributed by atoms with Gasteiger partial charge in [-0.1, -0.05) is 100 Å². The average molecular weight is 433 g/mol. The van der Waals surface area contributed by atoms with Gasteiger partial charge in [0, 0.05) is 7.11 Å². The molecule has 0 aliphatic heterocycles. The van der Waals surface area contributed by atoms with Gasteiger partial charge >= 0.3 is 0 Å². The third kappa shape index (κ3) is 7.93. The maximum Gasteiger partial charge on any atom is 0.0818 e. The molecule has 1 nitrogen and oxygen atoms in total. The zero-order valence-corrected chi connectivity index (χ0v) is 20.7. The van der Waals surface area contributed by atoms with Crippen molar-refractivity contribution in [1.29, 1.82) is 0 Å². The molecule has 174 valence electrons. The molecule has 1 aliphatic rings. The Morgan fingerprint density at radius 1 is 0.750 bits per heavy atom. The van der Waals surface area contributed by atoms with Crippen LogP contribution < -0.4 is 0 Å². The third-order valence-electron chi connectivity index (χ3n) is 7.43. The summed E-state index contributed by atoms with van der Waals surface area (Å²) in [6.45, 7) is 4.37. The van der Waals surface area contributed by atoms with Crippen molar-refractivity contribution in [2.24, 2.45) is 11.8 Å². The molecule has 0 N–H and O–H groups in total. The Labute approximate surface area is 197 Å². The Hall–Kier alpha value is -1.86. The first-order valence-corrected chi connectivity index (χ1v) is 13.1. The highest BCUT2D eigenvalue weighted by Gasteiger charge is 2.21. The van der Waals surface area contributed by atoms with Gasteiger partial charge in [0.2, 0.25) is 0 Å². The summed E-state index contributed by atoms with van der Waals surface area (Å²) in [5.41, 5.74) is 5.73. The van der Waals surface area contributed by atoms with E-state index >= 15 is 0 Å². The lowest BCUT2D eigenvalue weighted by Crippen LogP contribution is -2.15. The number of allylic oxidation sites excluding steroid dienone is 2. The fourth-order valence-corrected chi connectivity index (χ4v) is 5.22. The van der Waals surface area contributed by atoms with Crippen LogP contribution in [-0.4, -0.2) is 7.11 Å². The second kappa shape index (κ2) is 13.6. The van der Waals surface area contributed by atoms with E-state index < -0.39 is 0 Å². The zero-order valence-electron chi connectivity index (χ0n) is 20.7. The smallest absolute Gasteiger partial charge is 0.0818 e. The Balaban J connectivity index is 1.34. The minimum atomic E-state index is 0.236. The van der Waals surface area contributed by atoms with Gasteiger partial charge in [0.1, 0.15) is 0 Å². The molecule has 1 saturated carbocycles. The Morgan fingerprint density at radius 3 is 1.72 bits per heavy atom. The molecule has 32 heavy (non-hydrogen) atoms. The van der Waals surface area contributed by atoms with Crippen molar-refractivity contribution in [1.82, 2.24) is 0 Å². The standard InChI is InChI=1S/C31H44O/c1-4-6-7-8-25-9-11-26(12-10-25)13-14-27-15-17-28(18-16-27)19-20-29-21-23-30(24-22-29)31(5-2)32-3/h6-7,9-12,21-24,27-28,31H,4-5,8,13-20H2,1-3H3. The second-order valence-corrected chi connectivity index (χ2v) is 9.74. The number of benzene rings is 2. The van der Waals surface area contributed by atoms with Gasteiger partial charge in [0.15, 0.2) is 0 Å². The first-order chi connectivity index (χ1) is 15.7. The van der Waals surface area contributed by atoms with E-state index in [-0.39, 0.29) is 6.10 Å². The van der Waals surface area contributed by atoms with Crippen molar-refractivity contribution in [3.8, 4) is 0 Å². The number of aryl methyl sites for hydroxylation is 2. The second-order valence-electron chi connectivity index (χ2n) is 9.74. The SMILES string of the molecule is CCC=CCc1ccc(CCC2CCC(CCc3ccc(C(CC)OC)cc3)CC2)cc1. The van der Waals surface area contributed by atoms with Crippen molar-refractivity contribution in [2.75, 3.05) is 7.11 Å². The minimum absolute atomic E-state index is 0.236. The molecule has 1 heteroatoms. The zero-order chi connectivity index (χ0) is 22.6. The van der Waals surface area contributed by atoms with E-state index in [4.69, 9.17) is 4.74 Å². The van der Waals surface area contributed by atoms with Crippen LogP contribution in [0.3, 0.4) is 0 Å². The van der Waals surface area contributed by atoms with E-state index in [0.717, 1.165) is 31.1 Å². The van der Waals surface area contributed by atoms with Gasteiger partial charge in [-0.2, -0.15) is 0 Å². The van der Waals surface area contributed by atoms with E-state index in [1.54, 1.807) is 7.11 Å². The maximum atomic E-state index is 5.56. The van der Waals surface area contributed by atoms with Crippen molar-refractivity contribution in [3.05, 3.63) is 82.9 Å². The van der Waals surface area contributed by atoms with Crippen LogP contribution in [0.25, 0.3) is 0 Å². The van der Waals surface area contributed by atoms with Gasteiger partial charge in [0.25, 0.3) is 0 Å². The quantitative estimate of drug-likeness (QED) is 0.305. The summed E-state index contributed by atoms with van der Waals surface area (Å²) in [6, 6.07) is 18.5. The molecule has 0 heterocycles. The summed E-state index contributed by atoms with van der Waals surface area (Å²) in [4.78, 5) is 0. The molecule has 0 radical (unpaired) electrons. The van der Waals surface area contributed by atoms with Gasteiger partial charge in [-0.25, -0.2) is 0 Å². The number of ether oxygens (including phenoxy) is 1. The fraction of sp³-hybridized carbons (Fsp3) is 0.548. The van der Waals surface area contributed by atoms with Crippen LogP contribution in [-0.2, 0) is 24.0 Å². The lowest BCUT2D eigenvalue weighted by Gasteiger charge is -2.28. The summed E-state index contributed by atoms with van der Waals surface area (Å²) in [6.07, 6.45) is 18.9. The van der Waals surface area contributed by atoms with E-state index in [0.29, 0.717) is 0 Å². The molecule has 2 aromatic rings. The third-order valence-corrected chi connectivity index (χ3v) is 7.43. The lowest BCUT2D eigenvalue weighted by atomic mass is 9.77. The Bertz CT molecular complexity index is 774. The number of hydrogen-bond donors (Lipinski definition) is 0. The molecular formula is C31H44O. The van der Waals surface area contributed by atoms with Gasteiger partial charge in [-0.05, 0) is 79.0 Å². The molecule has 1 atom stereocenters. The summed E-state index contributed by atoms with van der Waals surface area (Å²) in [5.74, 6) is 1.85. The Kier molecular flexibility index (Phi) is 10.6. The van der Waals surface area contributed by atoms with Crippen LogP contribution in [0.1, 0.15) is 93.6 Å². The van der Waals surface area contributed by atoms with E-state index in [1.165, 1.54) is 73.6 Å². The van der Waals surface area contributed by atoms with E-state index in [1.807, 2.05) is 0 Å². The number of rotatable bonds is 12. The predicted octanol–water partition coefficient (Wildman–Crippen LogP) is 8.66. The van der Waals surface area contributed by atoms with Crippen molar-refractivity contribution in [2.45, 2.75) is 90.6 Å². The molecule has 0 spiro atoms. The fourth-order valence-electron chi connectivity index (χ4n) is 5.22. The minimum Gasteiger partial charge on any atom is -0.377 e. The van der Waals surface area contributed by atoms with Crippen LogP contribution in [0.15, 0.2) is 60.7 Å². The van der Waals surface area contributed by atoms with Crippen LogP contribution >= 0.6 is 0 Å². The maximum absolute atomic E-state index is 5.56. The van der Waals surface area contributed by atoms with Crippen LogP contribution in [0.2, 0.25) is 0 Å². The van der Waals surface area contributed by atoms with Crippen molar-refractivity contribution >= 4 is 0 Å². The van der Waals surface area contributed by atoms with Gasteiger partial charge in [-0.3, -0.25) is 0 Å². The van der Waals surface area contributed by atoms with Crippen LogP contribution in [0, 0.1) is 11.8 Å². The van der Waals surface area contributed by atoms with Gasteiger partial charge < -0.3 is 4.74 Å². The highest BCUT2D eigenvalue weighted by molar-refractivity contribution is 5.25. The molecule has 0 saturated heterocycles. The summed E-state index contributed by atoms with van der Waals surface area (Å²) >= 11 is 0. The molecular weight excluding hydrogens is 388 g/mol. The largest absolute Gasteiger partial charge is 0.377 e. The lowest BCUT2D eigenvalue weighted by molar-refractivity contribution is 0.100. The summed E-state index contributed by atoms with van der Waals surface area (Å²) in [7, 11) is 1.81. The van der Waals surface area contributed by atoms with Crippen molar-refractivity contribution in [3.63, 3.8) is 0 Å². The average Bonchev–Trinajstić information content (AvgIpc) is 2.84. The molecule has 0 amide bonds. The predicted molar refractivity (Wildman–Crippen MR) is 138 cm³/mol. The van der Waals surface area contributed by atoms with Crippen molar-refractivity contribution < 1.29 is 4.74 Å². The molecule has 1 aliphatic carbocycles. The number of hydrogen-bond acceptors (Lipinski definition) is 1. The first-order valence-electron chi connectivity index (χ1n) is 13.1. The first kappa shape index (κ1) is 24.8. The molecule has 1 fully saturated rings. The summed E-state index contributed by atoms with van der Waals surface area (Å²) < 4.78 is 5.56.